The van der Waals surface area contributed by atoms with E-state index in [4.69, 9.17) is 4.74 Å². The molecule has 0 bridgehead atoms. The van der Waals surface area contributed by atoms with Gasteiger partial charge in [-0.2, -0.15) is 0 Å². The van der Waals surface area contributed by atoms with E-state index in [0.717, 1.165) is 0 Å². The van der Waals surface area contributed by atoms with Crippen molar-refractivity contribution in [1.82, 2.24) is 15.8 Å². The number of nitrogens with zero attached hydrogens (tertiary/aromatic N) is 2. The Morgan fingerprint density at radius 3 is 2.90 bits per heavy atom. The Labute approximate surface area is 57.5 Å². The summed E-state index contributed by atoms with van der Waals surface area (Å²) in [5.74, 6) is -0.479. The van der Waals surface area contributed by atoms with Crippen LogP contribution in [0.1, 0.15) is 0 Å². The molecule has 2 fully saturated rings. The summed E-state index contributed by atoms with van der Waals surface area (Å²) in [6.45, 7) is 0.587. The average molecular weight is 144 g/mol. The summed E-state index contributed by atoms with van der Waals surface area (Å²) in [6, 6.07) is 0. The Kier molecular flexibility index (Phi) is 1.07. The lowest BCUT2D eigenvalue weighted by molar-refractivity contribution is 0.184. The summed E-state index contributed by atoms with van der Waals surface area (Å²) in [4.78, 5) is 10.1. The lowest BCUT2D eigenvalue weighted by Gasteiger charge is -2.08. The van der Waals surface area contributed by atoms with Crippen LogP contribution in [0.3, 0.4) is 0 Å². The number of nitroso groups, excluding NO2 is 1. The van der Waals surface area contributed by atoms with Gasteiger partial charge in [0, 0.05) is 7.05 Å². The van der Waals surface area contributed by atoms with Gasteiger partial charge in [-0.05, 0) is 5.18 Å². The van der Waals surface area contributed by atoms with E-state index in [9.17, 15) is 4.91 Å². The van der Waals surface area contributed by atoms with Gasteiger partial charge in [-0.25, -0.2) is 15.8 Å². The molecule has 2 aliphatic rings. The minimum absolute atomic E-state index is 0.479. The van der Waals surface area contributed by atoms with Gasteiger partial charge in [0.15, 0.2) is 0 Å². The molecule has 2 atom stereocenters. The molecule has 56 valence electrons. The number of hydrazine groups is 1. The van der Waals surface area contributed by atoms with Gasteiger partial charge in [0.1, 0.15) is 6.61 Å². The largest absolute Gasteiger partial charge is 0.338 e. The van der Waals surface area contributed by atoms with E-state index < -0.39 is 12.1 Å². The molecule has 2 unspecified atom stereocenters. The third-order valence-corrected chi connectivity index (χ3v) is 1.62. The van der Waals surface area contributed by atoms with Crippen molar-refractivity contribution in [3.63, 3.8) is 0 Å². The Bertz CT molecular complexity index is 169. The Morgan fingerprint density at radius 2 is 2.60 bits per heavy atom. The first-order valence-electron chi connectivity index (χ1n) is 3.00. The minimum Gasteiger partial charge on any atom is -0.338 e. The molecule has 2 aliphatic heterocycles. The van der Waals surface area contributed by atoms with Gasteiger partial charge in [-0.1, -0.05) is 0 Å². The smallest absolute Gasteiger partial charge is 0.214 e. The number of ether oxygens (including phenoxy) is 1. The fourth-order valence-electron chi connectivity index (χ4n) is 1.00. The molecule has 0 saturated carbocycles. The highest BCUT2D eigenvalue weighted by molar-refractivity contribution is 4.92. The summed E-state index contributed by atoms with van der Waals surface area (Å²) in [5.41, 5.74) is 2.91. The zero-order valence-electron chi connectivity index (χ0n) is 5.50. The first-order chi connectivity index (χ1) is 4.76. The normalized spacial score (nSPS) is 46.3. The van der Waals surface area contributed by atoms with Gasteiger partial charge in [0.05, 0.1) is 0 Å². The molecule has 0 aromatic rings. The molecule has 2 rings (SSSR count). The minimum atomic E-state index is -0.512. The van der Waals surface area contributed by atoms with Crippen LogP contribution in [0.4, 0.5) is 0 Å². The van der Waals surface area contributed by atoms with E-state index in [-0.39, 0.29) is 0 Å². The monoisotopic (exact) mass is 144 g/mol. The maximum Gasteiger partial charge on any atom is 0.214 e. The predicted octanol–water partition coefficient (Wildman–Crippen LogP) is -1.24. The van der Waals surface area contributed by atoms with Crippen LogP contribution in [0.5, 0.6) is 0 Å². The average Bonchev–Trinajstić information content (AvgIpc) is 2.55. The molecule has 1 spiro atoms. The molecule has 0 aliphatic carbocycles. The summed E-state index contributed by atoms with van der Waals surface area (Å²) in [6.07, 6.45) is -0.512. The van der Waals surface area contributed by atoms with Crippen LogP contribution >= 0.6 is 0 Å². The summed E-state index contributed by atoms with van der Waals surface area (Å²) in [7, 11) is 1.73. The predicted molar refractivity (Wildman–Crippen MR) is 32.3 cm³/mol. The standard InChI is InChI=1S/C4H8N4O2/c1-8-3(6-9)5-4(7-8)2-10-4/h3,5,7H,2H2,1H3. The van der Waals surface area contributed by atoms with Crippen molar-refractivity contribution in [2.24, 2.45) is 5.18 Å². The Hall–Kier alpha value is -0.560. The van der Waals surface area contributed by atoms with Crippen LogP contribution in [-0.2, 0) is 4.74 Å². The summed E-state index contributed by atoms with van der Waals surface area (Å²) >= 11 is 0. The van der Waals surface area contributed by atoms with Crippen LogP contribution in [-0.4, -0.2) is 30.8 Å². The molecule has 10 heavy (non-hydrogen) atoms. The number of rotatable bonds is 1. The highest BCUT2D eigenvalue weighted by atomic mass is 16.6. The van der Waals surface area contributed by atoms with E-state index in [1.54, 1.807) is 12.1 Å². The highest BCUT2D eigenvalue weighted by Crippen LogP contribution is 2.25. The van der Waals surface area contributed by atoms with Gasteiger partial charge < -0.3 is 4.74 Å². The van der Waals surface area contributed by atoms with Gasteiger partial charge in [0.2, 0.25) is 12.1 Å². The van der Waals surface area contributed by atoms with Crippen LogP contribution in [0.2, 0.25) is 0 Å². The van der Waals surface area contributed by atoms with Crippen LogP contribution < -0.4 is 10.7 Å². The quantitative estimate of drug-likeness (QED) is 0.356. The molecule has 6 heteroatoms. The second-order valence-corrected chi connectivity index (χ2v) is 2.46. The fraction of sp³-hybridized carbons (Fsp3) is 1.00. The second kappa shape index (κ2) is 1.73. The van der Waals surface area contributed by atoms with Gasteiger partial charge in [-0.3, -0.25) is 0 Å². The molecular formula is C4H8N4O2. The van der Waals surface area contributed by atoms with Crippen molar-refractivity contribution in [3.05, 3.63) is 4.91 Å². The zero-order chi connectivity index (χ0) is 7.19. The van der Waals surface area contributed by atoms with Crippen LogP contribution in [0, 0.1) is 4.91 Å². The van der Waals surface area contributed by atoms with E-state index in [1.807, 2.05) is 0 Å². The number of hydrogen-bond acceptors (Lipinski definition) is 6. The maximum absolute atomic E-state index is 10.1. The van der Waals surface area contributed by atoms with Gasteiger partial charge in [-0.15, -0.1) is 4.91 Å². The summed E-state index contributed by atoms with van der Waals surface area (Å²) < 4.78 is 5.00. The summed E-state index contributed by atoms with van der Waals surface area (Å²) in [5, 5.41) is 7.26. The zero-order valence-corrected chi connectivity index (χ0v) is 5.50. The van der Waals surface area contributed by atoms with E-state index in [1.165, 1.54) is 0 Å². The van der Waals surface area contributed by atoms with Crippen molar-refractivity contribution in [1.29, 1.82) is 0 Å². The number of epoxide rings is 1. The topological polar surface area (TPSA) is 69.3 Å². The fourth-order valence-corrected chi connectivity index (χ4v) is 1.00. The molecule has 2 heterocycles. The van der Waals surface area contributed by atoms with Crippen molar-refractivity contribution in [3.8, 4) is 0 Å². The lowest BCUT2D eigenvalue weighted by Crippen LogP contribution is -2.38. The first kappa shape index (κ1) is 6.17. The van der Waals surface area contributed by atoms with Gasteiger partial charge in [0.25, 0.3) is 0 Å². The molecule has 0 radical (unpaired) electrons. The highest BCUT2D eigenvalue weighted by Gasteiger charge is 2.53. The molecule has 2 saturated heterocycles. The third kappa shape index (κ3) is 0.739. The molecule has 0 aromatic carbocycles. The molecule has 0 aromatic heterocycles. The molecular weight excluding hydrogens is 136 g/mol. The Balaban J connectivity index is 2.07. The van der Waals surface area contributed by atoms with E-state index >= 15 is 0 Å². The number of hydrogen-bond donors (Lipinski definition) is 2. The van der Waals surface area contributed by atoms with Crippen LogP contribution in [0.15, 0.2) is 5.18 Å². The molecule has 2 N–H and O–H groups in total. The SMILES string of the molecule is CN1NC2(CO2)NC1N=O. The van der Waals surface area contributed by atoms with Crippen molar-refractivity contribution < 1.29 is 4.74 Å². The maximum atomic E-state index is 10.1. The molecule has 6 nitrogen and oxygen atoms in total. The second-order valence-electron chi connectivity index (χ2n) is 2.46. The lowest BCUT2D eigenvalue weighted by atomic mass is 10.6. The Morgan fingerprint density at radius 1 is 1.90 bits per heavy atom. The van der Waals surface area contributed by atoms with E-state index in [0.29, 0.717) is 6.61 Å². The van der Waals surface area contributed by atoms with Crippen LogP contribution in [0.25, 0.3) is 0 Å². The third-order valence-electron chi connectivity index (χ3n) is 1.62. The first-order valence-corrected chi connectivity index (χ1v) is 3.00. The van der Waals surface area contributed by atoms with Crippen molar-refractivity contribution in [2.75, 3.05) is 13.7 Å². The number of nitrogens with one attached hydrogen (secondary N) is 2. The van der Waals surface area contributed by atoms with E-state index in [2.05, 4.69) is 15.9 Å². The van der Waals surface area contributed by atoms with Crippen molar-refractivity contribution >= 4 is 0 Å². The van der Waals surface area contributed by atoms with Crippen molar-refractivity contribution in [2.45, 2.75) is 12.1 Å². The molecule has 0 amide bonds. The van der Waals surface area contributed by atoms with Gasteiger partial charge >= 0.3 is 0 Å².